The molecule has 12 rings (SSSR count). The Hall–Kier alpha value is -7.49. The minimum Gasteiger partial charge on any atom is -0.452 e. The van der Waals surface area contributed by atoms with Crippen LogP contribution in [0, 0.1) is 0 Å². The highest BCUT2D eigenvalue weighted by Crippen LogP contribution is 2.65. The lowest BCUT2D eigenvalue weighted by Crippen LogP contribution is -2.32. The summed E-state index contributed by atoms with van der Waals surface area (Å²) in [5, 5.41) is 0. The van der Waals surface area contributed by atoms with E-state index < -0.39 is 5.41 Å². The maximum Gasteiger partial charge on any atom is 0.179 e. The van der Waals surface area contributed by atoms with Gasteiger partial charge in [0.05, 0.1) is 44.5 Å². The lowest BCUT2D eigenvalue weighted by atomic mass is 9.67. The average molecular weight is 764 g/mol. The lowest BCUT2D eigenvalue weighted by molar-refractivity contribution is 0.461. The van der Waals surface area contributed by atoms with E-state index in [0.717, 1.165) is 88.9 Å². The molecule has 9 aromatic rings. The lowest BCUT2D eigenvalue weighted by Gasteiger charge is -2.41. The fourth-order valence-corrected chi connectivity index (χ4v) is 10.0. The smallest absolute Gasteiger partial charge is 0.179 e. The van der Waals surface area contributed by atoms with Gasteiger partial charge < -0.3 is 9.64 Å². The zero-order chi connectivity index (χ0) is 38.2. The van der Waals surface area contributed by atoms with Crippen LogP contribution in [0.1, 0.15) is 22.3 Å². The van der Waals surface area contributed by atoms with Crippen molar-refractivity contribution in [2.45, 2.75) is 15.2 Å². The van der Waals surface area contributed by atoms with Crippen molar-refractivity contribution in [1.82, 2.24) is 29.9 Å². The number of hydrogen-bond donors (Lipinski definition) is 0. The maximum absolute atomic E-state index is 6.98. The summed E-state index contributed by atoms with van der Waals surface area (Å²) in [6, 6.07) is 50.3. The molecule has 2 aliphatic heterocycles. The molecule has 7 heterocycles. The normalized spacial score (nSPS) is 15.3. The van der Waals surface area contributed by atoms with Crippen LogP contribution in [-0.2, 0) is 5.41 Å². The molecule has 0 amide bonds. The Morgan fingerprint density at radius 3 is 1.97 bits per heavy atom. The van der Waals surface area contributed by atoms with Gasteiger partial charge in [-0.25, -0.2) is 15.0 Å². The molecule has 0 radical (unpaired) electrons. The van der Waals surface area contributed by atoms with E-state index in [2.05, 4.69) is 106 Å². The van der Waals surface area contributed by atoms with Gasteiger partial charge in [0.25, 0.3) is 0 Å². The van der Waals surface area contributed by atoms with Crippen LogP contribution >= 0.6 is 11.8 Å². The highest BCUT2D eigenvalue weighted by atomic mass is 32.2. The van der Waals surface area contributed by atoms with E-state index in [1.807, 2.05) is 60.8 Å². The quantitative estimate of drug-likeness (QED) is 0.174. The van der Waals surface area contributed by atoms with Crippen LogP contribution in [0.4, 0.5) is 17.1 Å². The molecule has 0 N–H and O–H groups in total. The SMILES string of the molecule is c1ccc(N2c3ccccc3Oc3c2ccc2c3Sc3ccccc3C23c2cccnc2-c2nc(-c4nc(-c5ccncc5)cc(-c5ccncc5)n4)ccc23)cc1. The number of hydrogen-bond acceptors (Lipinski definition) is 9. The number of nitrogens with zero attached hydrogens (tertiary/aromatic N) is 7. The van der Waals surface area contributed by atoms with Gasteiger partial charge in [0.1, 0.15) is 5.69 Å². The molecule has 0 saturated heterocycles. The first-order valence-corrected chi connectivity index (χ1v) is 19.8. The second kappa shape index (κ2) is 12.8. The Kier molecular flexibility index (Phi) is 7.21. The summed E-state index contributed by atoms with van der Waals surface area (Å²) in [6.45, 7) is 0. The highest BCUT2D eigenvalue weighted by Gasteiger charge is 2.53. The van der Waals surface area contributed by atoms with Gasteiger partial charge in [-0.2, -0.15) is 0 Å². The predicted octanol–water partition coefficient (Wildman–Crippen LogP) is 11.5. The largest absolute Gasteiger partial charge is 0.452 e. The number of pyridine rings is 4. The van der Waals surface area contributed by atoms with Gasteiger partial charge >= 0.3 is 0 Å². The third-order valence-corrected chi connectivity index (χ3v) is 12.4. The number of fused-ring (bicyclic) bond motifs is 12. The molecule has 1 unspecified atom stereocenters. The van der Waals surface area contributed by atoms with Crippen molar-refractivity contribution in [3.63, 3.8) is 0 Å². The number of benzene rings is 4. The number of ether oxygens (including phenoxy) is 1. The van der Waals surface area contributed by atoms with E-state index in [4.69, 9.17) is 24.7 Å². The van der Waals surface area contributed by atoms with Crippen LogP contribution in [0.3, 0.4) is 0 Å². The van der Waals surface area contributed by atoms with Crippen LogP contribution in [0.5, 0.6) is 11.5 Å². The first-order chi connectivity index (χ1) is 28.8. The van der Waals surface area contributed by atoms with Crippen LogP contribution in [0.2, 0.25) is 0 Å². The number of aromatic nitrogens is 6. The van der Waals surface area contributed by atoms with Crippen molar-refractivity contribution in [3.8, 4) is 56.9 Å². The molecule has 1 spiro atoms. The molecule has 8 nitrogen and oxygen atoms in total. The van der Waals surface area contributed by atoms with E-state index in [1.54, 1.807) is 36.5 Å². The highest BCUT2D eigenvalue weighted by molar-refractivity contribution is 7.99. The van der Waals surface area contributed by atoms with E-state index >= 15 is 0 Å². The Morgan fingerprint density at radius 1 is 0.500 bits per heavy atom. The summed E-state index contributed by atoms with van der Waals surface area (Å²) in [7, 11) is 0. The zero-order valence-electron chi connectivity index (χ0n) is 30.7. The van der Waals surface area contributed by atoms with Crippen molar-refractivity contribution in [3.05, 3.63) is 199 Å². The predicted molar refractivity (Wildman–Crippen MR) is 226 cm³/mol. The standard InChI is InChI=1S/C49H29N7OS/c1-2-9-32(10-3-1)56-40-13-5-6-14-42(40)57-46-41(56)19-17-36-47(46)58-43-15-7-4-11-33(43)49(36)34-12-8-24-52-44(34)45-35(49)16-18-37(53-45)48-54-38(30-20-25-50-26-21-30)29-39(55-48)31-22-27-51-28-23-31/h1-29H. The second-order valence-electron chi connectivity index (χ2n) is 14.3. The van der Waals surface area contributed by atoms with Crippen LogP contribution in [0.25, 0.3) is 45.4 Å². The minimum atomic E-state index is -0.726. The van der Waals surface area contributed by atoms with Crippen molar-refractivity contribution in [2.75, 3.05) is 4.90 Å². The third kappa shape index (κ3) is 4.77. The van der Waals surface area contributed by atoms with E-state index in [0.29, 0.717) is 11.5 Å². The fraction of sp³-hybridized carbons (Fsp3) is 0.0204. The summed E-state index contributed by atoms with van der Waals surface area (Å²) in [6.07, 6.45) is 8.95. The van der Waals surface area contributed by atoms with Gasteiger partial charge in [0.2, 0.25) is 0 Å². The zero-order valence-corrected chi connectivity index (χ0v) is 31.5. The molecule has 4 aromatic carbocycles. The van der Waals surface area contributed by atoms with E-state index in [1.165, 1.54) is 5.56 Å². The summed E-state index contributed by atoms with van der Waals surface area (Å²) < 4.78 is 6.98. The Balaban J connectivity index is 1.09. The summed E-state index contributed by atoms with van der Waals surface area (Å²) in [5.74, 6) is 2.15. The number of rotatable bonds is 4. The Morgan fingerprint density at radius 2 is 1.17 bits per heavy atom. The van der Waals surface area contributed by atoms with Crippen molar-refractivity contribution in [1.29, 1.82) is 0 Å². The van der Waals surface area contributed by atoms with Crippen molar-refractivity contribution < 1.29 is 4.74 Å². The maximum atomic E-state index is 6.98. The molecular formula is C49H29N7OS. The number of para-hydroxylation sites is 3. The molecule has 0 saturated carbocycles. The molecule has 3 aliphatic rings. The van der Waals surface area contributed by atoms with Gasteiger partial charge in [-0.15, -0.1) is 0 Å². The monoisotopic (exact) mass is 763 g/mol. The summed E-state index contributed by atoms with van der Waals surface area (Å²) >= 11 is 1.76. The Labute approximate surface area is 338 Å². The van der Waals surface area contributed by atoms with Gasteiger partial charge in [0.15, 0.2) is 17.3 Å². The Bertz CT molecular complexity index is 3030. The van der Waals surface area contributed by atoms with Crippen LogP contribution < -0.4 is 9.64 Å². The summed E-state index contributed by atoms with van der Waals surface area (Å²) in [4.78, 5) is 33.7. The molecule has 1 aliphatic carbocycles. The van der Waals surface area contributed by atoms with Gasteiger partial charge in [-0.3, -0.25) is 15.0 Å². The van der Waals surface area contributed by atoms with E-state index in [-0.39, 0.29) is 0 Å². The van der Waals surface area contributed by atoms with Gasteiger partial charge in [-0.1, -0.05) is 78.5 Å². The summed E-state index contributed by atoms with van der Waals surface area (Å²) in [5.41, 5.74) is 12.5. The third-order valence-electron chi connectivity index (χ3n) is 11.2. The van der Waals surface area contributed by atoms with Crippen LogP contribution in [0.15, 0.2) is 186 Å². The van der Waals surface area contributed by atoms with Crippen molar-refractivity contribution in [2.24, 2.45) is 0 Å². The average Bonchev–Trinajstić information content (AvgIpc) is 3.59. The molecular weight excluding hydrogens is 735 g/mol. The molecule has 0 fully saturated rings. The van der Waals surface area contributed by atoms with Crippen LogP contribution in [-0.4, -0.2) is 29.9 Å². The molecule has 1 atom stereocenters. The molecule has 272 valence electrons. The minimum absolute atomic E-state index is 0.518. The van der Waals surface area contributed by atoms with Gasteiger partial charge in [-0.05, 0) is 101 Å². The molecule has 58 heavy (non-hydrogen) atoms. The molecule has 9 heteroatoms. The second-order valence-corrected chi connectivity index (χ2v) is 15.4. The van der Waals surface area contributed by atoms with Crippen molar-refractivity contribution >= 4 is 28.8 Å². The fourth-order valence-electron chi connectivity index (χ4n) is 8.76. The topological polar surface area (TPSA) is 89.8 Å². The van der Waals surface area contributed by atoms with E-state index in [9.17, 15) is 0 Å². The first kappa shape index (κ1) is 32.7. The van der Waals surface area contributed by atoms with Gasteiger partial charge in [0, 0.05) is 52.7 Å². The molecule has 0 bridgehead atoms. The molecule has 5 aromatic heterocycles. The first-order valence-electron chi connectivity index (χ1n) is 19.0. The number of anilines is 3.